The predicted molar refractivity (Wildman–Crippen MR) is 92.0 cm³/mol. The second-order valence-corrected chi connectivity index (χ2v) is 5.77. The Bertz CT molecular complexity index is 785. The summed E-state index contributed by atoms with van der Waals surface area (Å²) in [6.07, 6.45) is -0.691. The maximum Gasteiger partial charge on any atom is 0.123 e. The molecule has 0 saturated carbocycles. The summed E-state index contributed by atoms with van der Waals surface area (Å²) in [5.41, 5.74) is 1.79. The van der Waals surface area contributed by atoms with Gasteiger partial charge in [0.25, 0.3) is 0 Å². The van der Waals surface area contributed by atoms with E-state index in [0.29, 0.717) is 6.54 Å². The highest BCUT2D eigenvalue weighted by molar-refractivity contribution is 5.83. The molecule has 0 aliphatic rings. The van der Waals surface area contributed by atoms with E-state index in [0.717, 1.165) is 16.5 Å². The summed E-state index contributed by atoms with van der Waals surface area (Å²) >= 11 is 0. The van der Waals surface area contributed by atoms with E-state index in [-0.39, 0.29) is 11.7 Å². The summed E-state index contributed by atoms with van der Waals surface area (Å²) in [5.74, 6) is -0.396. The standard InChI is InChI=1S/C20H20FNO/c1-22-13-19(20(23)15-8-10-18(21)11-9-15)17-7-6-14-4-2-3-5-16(14)12-17/h2-12,19-20,22-23H,13H2,1H3/t19-,20-/m0/s1. The van der Waals surface area contributed by atoms with E-state index in [2.05, 4.69) is 35.6 Å². The summed E-state index contributed by atoms with van der Waals surface area (Å²) in [7, 11) is 1.87. The van der Waals surface area contributed by atoms with Gasteiger partial charge in [-0.25, -0.2) is 4.39 Å². The van der Waals surface area contributed by atoms with Crippen molar-refractivity contribution in [3.05, 3.63) is 83.7 Å². The lowest BCUT2D eigenvalue weighted by Gasteiger charge is -2.24. The van der Waals surface area contributed by atoms with E-state index in [1.165, 1.54) is 17.5 Å². The van der Waals surface area contributed by atoms with Crippen molar-refractivity contribution in [3.63, 3.8) is 0 Å². The molecule has 0 spiro atoms. The average Bonchev–Trinajstić information content (AvgIpc) is 2.59. The Balaban J connectivity index is 1.97. The number of fused-ring (bicyclic) bond motifs is 1. The van der Waals surface area contributed by atoms with E-state index in [1.807, 2.05) is 19.2 Å². The number of nitrogens with one attached hydrogen (secondary N) is 1. The zero-order valence-electron chi connectivity index (χ0n) is 13.0. The summed E-state index contributed by atoms with van der Waals surface area (Å²) in [6, 6.07) is 20.5. The molecule has 3 aromatic rings. The van der Waals surface area contributed by atoms with E-state index < -0.39 is 6.10 Å². The van der Waals surface area contributed by atoms with Gasteiger partial charge in [-0.05, 0) is 41.1 Å². The largest absolute Gasteiger partial charge is 0.388 e. The van der Waals surface area contributed by atoms with Crippen LogP contribution in [0.1, 0.15) is 23.1 Å². The van der Waals surface area contributed by atoms with Crippen LogP contribution >= 0.6 is 0 Å². The van der Waals surface area contributed by atoms with Crippen molar-refractivity contribution >= 4 is 10.8 Å². The number of likely N-dealkylation sites (N-methyl/N-ethyl adjacent to an activating group) is 1. The van der Waals surface area contributed by atoms with Gasteiger partial charge in [0.1, 0.15) is 5.82 Å². The fourth-order valence-corrected chi connectivity index (χ4v) is 2.96. The molecule has 0 bridgehead atoms. The van der Waals surface area contributed by atoms with Crippen LogP contribution in [0.15, 0.2) is 66.7 Å². The monoisotopic (exact) mass is 309 g/mol. The number of rotatable bonds is 5. The van der Waals surface area contributed by atoms with Gasteiger partial charge in [-0.15, -0.1) is 0 Å². The first-order valence-electron chi connectivity index (χ1n) is 7.76. The smallest absolute Gasteiger partial charge is 0.123 e. The Kier molecular flexibility index (Phi) is 4.70. The minimum Gasteiger partial charge on any atom is -0.388 e. The lowest BCUT2D eigenvalue weighted by molar-refractivity contribution is 0.144. The number of aliphatic hydroxyl groups is 1. The highest BCUT2D eigenvalue weighted by Gasteiger charge is 2.22. The molecule has 0 heterocycles. The molecule has 3 aromatic carbocycles. The fourth-order valence-electron chi connectivity index (χ4n) is 2.96. The molecule has 2 atom stereocenters. The second kappa shape index (κ2) is 6.90. The first kappa shape index (κ1) is 15.7. The van der Waals surface area contributed by atoms with E-state index >= 15 is 0 Å². The molecule has 0 aromatic heterocycles. The molecule has 0 aliphatic carbocycles. The Hall–Kier alpha value is -2.23. The topological polar surface area (TPSA) is 32.3 Å². The van der Waals surface area contributed by atoms with Crippen LogP contribution < -0.4 is 5.32 Å². The highest BCUT2D eigenvalue weighted by atomic mass is 19.1. The summed E-state index contributed by atoms with van der Waals surface area (Å²) in [6.45, 7) is 0.636. The third-order valence-electron chi connectivity index (χ3n) is 4.22. The van der Waals surface area contributed by atoms with Crippen molar-refractivity contribution in [1.29, 1.82) is 0 Å². The quantitative estimate of drug-likeness (QED) is 0.746. The number of aliphatic hydroxyl groups excluding tert-OH is 1. The molecule has 3 rings (SSSR count). The van der Waals surface area contributed by atoms with E-state index in [1.54, 1.807) is 12.1 Å². The summed E-state index contributed by atoms with van der Waals surface area (Å²) in [5, 5.41) is 16.2. The normalized spacial score (nSPS) is 13.9. The van der Waals surface area contributed by atoms with Crippen LogP contribution in [0.5, 0.6) is 0 Å². The molecule has 2 N–H and O–H groups in total. The Morgan fingerprint density at radius 1 is 0.913 bits per heavy atom. The fraction of sp³-hybridized carbons (Fsp3) is 0.200. The van der Waals surface area contributed by atoms with Crippen molar-refractivity contribution < 1.29 is 9.50 Å². The van der Waals surface area contributed by atoms with Crippen LogP contribution in [-0.4, -0.2) is 18.7 Å². The molecular formula is C20H20FNO. The molecule has 23 heavy (non-hydrogen) atoms. The van der Waals surface area contributed by atoms with Crippen LogP contribution in [0.3, 0.4) is 0 Å². The minimum absolute atomic E-state index is 0.102. The second-order valence-electron chi connectivity index (χ2n) is 5.77. The molecule has 3 heteroatoms. The van der Waals surface area contributed by atoms with Crippen LogP contribution in [0.2, 0.25) is 0 Å². The van der Waals surface area contributed by atoms with Gasteiger partial charge in [0.2, 0.25) is 0 Å². The molecule has 0 radical (unpaired) electrons. The van der Waals surface area contributed by atoms with Gasteiger partial charge in [-0.1, -0.05) is 54.6 Å². The van der Waals surface area contributed by atoms with Crippen molar-refractivity contribution in [3.8, 4) is 0 Å². The SMILES string of the molecule is CNC[C@@H](c1ccc2ccccc2c1)[C@@H](O)c1ccc(F)cc1. The molecule has 0 saturated heterocycles. The zero-order valence-corrected chi connectivity index (χ0v) is 13.0. The number of benzene rings is 3. The first-order valence-corrected chi connectivity index (χ1v) is 7.76. The van der Waals surface area contributed by atoms with Crippen LogP contribution in [0.25, 0.3) is 10.8 Å². The van der Waals surface area contributed by atoms with Gasteiger partial charge in [-0.2, -0.15) is 0 Å². The van der Waals surface area contributed by atoms with Gasteiger partial charge in [0, 0.05) is 12.5 Å². The minimum atomic E-state index is -0.691. The Morgan fingerprint density at radius 3 is 2.26 bits per heavy atom. The maximum absolute atomic E-state index is 13.1. The molecule has 2 nitrogen and oxygen atoms in total. The molecule has 0 amide bonds. The van der Waals surface area contributed by atoms with Crippen molar-refractivity contribution in [2.45, 2.75) is 12.0 Å². The number of halogens is 1. The van der Waals surface area contributed by atoms with Crippen LogP contribution in [-0.2, 0) is 0 Å². The lowest BCUT2D eigenvalue weighted by Crippen LogP contribution is -2.23. The van der Waals surface area contributed by atoms with Crippen molar-refractivity contribution in [2.24, 2.45) is 0 Å². The maximum atomic E-state index is 13.1. The Morgan fingerprint density at radius 2 is 1.57 bits per heavy atom. The van der Waals surface area contributed by atoms with Gasteiger partial charge in [0.05, 0.1) is 6.10 Å². The summed E-state index contributed by atoms with van der Waals surface area (Å²) in [4.78, 5) is 0. The molecule has 118 valence electrons. The molecule has 0 aliphatic heterocycles. The highest BCUT2D eigenvalue weighted by Crippen LogP contribution is 2.32. The average molecular weight is 309 g/mol. The van der Waals surface area contributed by atoms with Gasteiger partial charge in [-0.3, -0.25) is 0 Å². The van der Waals surface area contributed by atoms with Gasteiger partial charge in [0.15, 0.2) is 0 Å². The molecule has 0 fully saturated rings. The number of hydrogen-bond acceptors (Lipinski definition) is 2. The third kappa shape index (κ3) is 3.41. The van der Waals surface area contributed by atoms with Gasteiger partial charge < -0.3 is 10.4 Å². The predicted octanol–water partition coefficient (Wildman–Crippen LogP) is 4.02. The van der Waals surface area contributed by atoms with E-state index in [4.69, 9.17) is 0 Å². The van der Waals surface area contributed by atoms with Crippen LogP contribution in [0, 0.1) is 5.82 Å². The van der Waals surface area contributed by atoms with Crippen molar-refractivity contribution in [2.75, 3.05) is 13.6 Å². The zero-order chi connectivity index (χ0) is 16.2. The number of hydrogen-bond donors (Lipinski definition) is 2. The Labute approximate surface area is 135 Å². The third-order valence-corrected chi connectivity index (χ3v) is 4.22. The molecule has 0 unspecified atom stereocenters. The van der Waals surface area contributed by atoms with E-state index in [9.17, 15) is 9.50 Å². The van der Waals surface area contributed by atoms with Crippen LogP contribution in [0.4, 0.5) is 4.39 Å². The van der Waals surface area contributed by atoms with Gasteiger partial charge >= 0.3 is 0 Å². The molecular weight excluding hydrogens is 289 g/mol. The summed E-state index contributed by atoms with van der Waals surface area (Å²) < 4.78 is 13.1. The lowest BCUT2D eigenvalue weighted by atomic mass is 9.88. The van der Waals surface area contributed by atoms with Crippen molar-refractivity contribution in [1.82, 2.24) is 5.32 Å². The first-order chi connectivity index (χ1) is 11.2.